The SMILES string of the molecule is O=c1ccn([C@@H]2O[C@H](COP(=O)([O-])OP(=O)([O-])O[C@H]3O[C@H](CO)[C@H](F)[C@H](O)[C@H]3O)[C@@H](O)[C@H]2O)c(=O)[nH]1. The highest BCUT2D eigenvalue weighted by atomic mass is 31.3. The van der Waals surface area contributed by atoms with E-state index in [1.165, 1.54) is 0 Å². The van der Waals surface area contributed by atoms with Crippen molar-refractivity contribution in [2.75, 3.05) is 13.2 Å². The second kappa shape index (κ2) is 11.1. The molecule has 206 valence electrons. The summed E-state index contributed by atoms with van der Waals surface area (Å²) in [6.07, 6.45) is -17.0. The molecule has 0 spiro atoms. The number of aliphatic hydroxyl groups excluding tert-OH is 5. The molecule has 1 aromatic heterocycles. The minimum absolute atomic E-state index is 0.688. The normalized spacial score (nSPS) is 38.4. The standard InChI is InChI=1S/C15H23FN2O16P2/c16-8-5(3-19)32-14(12(24)10(8)22)33-36(28,29)34-35(26,27)30-4-6-9(21)11(23)13(31-6)18-2-1-7(20)17-15(18)25/h1-2,5-6,8-14,19,21-24H,3-4H2,(H,26,27)(H,28,29)(H,17,20,25)/p-2/t5-,6-,8+,9-,10+,11-,12-,13-,14-/m1/s1. The highest BCUT2D eigenvalue weighted by molar-refractivity contribution is 7.59. The van der Waals surface area contributed by atoms with Crippen LogP contribution in [0.25, 0.3) is 0 Å². The average Bonchev–Trinajstić information content (AvgIpc) is 3.06. The van der Waals surface area contributed by atoms with Crippen LogP contribution in [0.4, 0.5) is 4.39 Å². The van der Waals surface area contributed by atoms with Gasteiger partial charge in [0.05, 0.1) is 13.2 Å². The summed E-state index contributed by atoms with van der Waals surface area (Å²) >= 11 is 0. The summed E-state index contributed by atoms with van der Waals surface area (Å²) in [4.78, 5) is 48.8. The van der Waals surface area contributed by atoms with Crippen LogP contribution in [-0.2, 0) is 32.0 Å². The van der Waals surface area contributed by atoms with E-state index in [1.807, 2.05) is 4.98 Å². The lowest BCUT2D eigenvalue weighted by Gasteiger charge is -2.41. The minimum Gasteiger partial charge on any atom is -0.756 e. The van der Waals surface area contributed by atoms with Crippen molar-refractivity contribution < 1.29 is 71.7 Å². The Labute approximate surface area is 199 Å². The third kappa shape index (κ3) is 6.53. The quantitative estimate of drug-likeness (QED) is 0.152. The van der Waals surface area contributed by atoms with Crippen LogP contribution in [0.5, 0.6) is 0 Å². The van der Waals surface area contributed by atoms with Gasteiger partial charge in [-0.25, -0.2) is 13.5 Å². The summed E-state index contributed by atoms with van der Waals surface area (Å²) in [7, 11) is -11.8. The van der Waals surface area contributed by atoms with E-state index in [2.05, 4.69) is 18.1 Å². The lowest BCUT2D eigenvalue weighted by atomic mass is 10.0. The molecule has 0 radical (unpaired) electrons. The zero-order valence-corrected chi connectivity index (χ0v) is 19.5. The number of H-pyrrole nitrogens is 1. The molecule has 0 saturated carbocycles. The Hall–Kier alpha value is -1.41. The average molecular weight is 566 g/mol. The topological polar surface area (TPSA) is 282 Å². The van der Waals surface area contributed by atoms with Crippen LogP contribution in [0.1, 0.15) is 6.23 Å². The number of phosphoric acid groups is 2. The van der Waals surface area contributed by atoms with Crippen molar-refractivity contribution in [3.63, 3.8) is 0 Å². The van der Waals surface area contributed by atoms with Gasteiger partial charge >= 0.3 is 5.69 Å². The van der Waals surface area contributed by atoms with E-state index >= 15 is 0 Å². The van der Waals surface area contributed by atoms with E-state index in [1.54, 1.807) is 0 Å². The fourth-order valence-electron chi connectivity index (χ4n) is 3.31. The molecule has 11 atom stereocenters. The minimum atomic E-state index is -5.95. The number of rotatable bonds is 9. The molecular weight excluding hydrogens is 545 g/mol. The number of aromatic nitrogens is 2. The summed E-state index contributed by atoms with van der Waals surface area (Å²) in [5, 5.41) is 48.5. The first-order valence-electron chi connectivity index (χ1n) is 9.92. The molecule has 2 aliphatic heterocycles. The first kappa shape index (κ1) is 29.2. The molecule has 21 heteroatoms. The summed E-state index contributed by atoms with van der Waals surface area (Å²) in [5.41, 5.74) is -1.79. The summed E-state index contributed by atoms with van der Waals surface area (Å²) in [6, 6.07) is 0.904. The van der Waals surface area contributed by atoms with E-state index in [4.69, 9.17) is 9.84 Å². The molecule has 2 fully saturated rings. The van der Waals surface area contributed by atoms with Gasteiger partial charge in [-0.2, -0.15) is 0 Å². The highest BCUT2D eigenvalue weighted by Gasteiger charge is 2.47. The first-order valence-corrected chi connectivity index (χ1v) is 12.8. The van der Waals surface area contributed by atoms with Gasteiger partial charge in [0.25, 0.3) is 21.2 Å². The van der Waals surface area contributed by atoms with Gasteiger partial charge in [0.1, 0.15) is 36.6 Å². The van der Waals surface area contributed by atoms with E-state index < -0.39 is 95.4 Å². The third-order valence-electron chi connectivity index (χ3n) is 5.09. The predicted molar refractivity (Wildman–Crippen MR) is 103 cm³/mol. The lowest BCUT2D eigenvalue weighted by molar-refractivity contribution is -0.298. The maximum Gasteiger partial charge on any atom is 0.330 e. The van der Waals surface area contributed by atoms with E-state index in [0.29, 0.717) is 4.57 Å². The molecule has 0 bridgehead atoms. The van der Waals surface area contributed by atoms with Gasteiger partial charge in [-0.05, 0) is 0 Å². The maximum atomic E-state index is 13.7. The van der Waals surface area contributed by atoms with Crippen LogP contribution in [0.15, 0.2) is 21.9 Å². The number of nitrogens with one attached hydrogen (secondary N) is 1. The Bertz CT molecular complexity index is 1130. The van der Waals surface area contributed by atoms with Crippen LogP contribution in [0.2, 0.25) is 0 Å². The van der Waals surface area contributed by atoms with Crippen molar-refractivity contribution in [3.05, 3.63) is 33.1 Å². The number of hydrogen-bond donors (Lipinski definition) is 6. The molecule has 3 heterocycles. The number of alkyl halides is 1. The van der Waals surface area contributed by atoms with Crippen molar-refractivity contribution in [1.29, 1.82) is 0 Å². The van der Waals surface area contributed by atoms with Gasteiger partial charge in [0.2, 0.25) is 0 Å². The van der Waals surface area contributed by atoms with Crippen molar-refractivity contribution >= 4 is 15.6 Å². The molecular formula is C15H21FN2O16P2-2. The predicted octanol–water partition coefficient (Wildman–Crippen LogP) is -5.08. The van der Waals surface area contributed by atoms with Gasteiger partial charge in [0, 0.05) is 12.3 Å². The summed E-state index contributed by atoms with van der Waals surface area (Å²) < 4.78 is 60.5. The first-order chi connectivity index (χ1) is 16.7. The Balaban J connectivity index is 1.61. The van der Waals surface area contributed by atoms with Crippen LogP contribution in [0.3, 0.4) is 0 Å². The smallest absolute Gasteiger partial charge is 0.330 e. The number of nitrogens with zero attached hydrogens (tertiary/aromatic N) is 1. The molecule has 6 N–H and O–H groups in total. The number of hydrogen-bond acceptors (Lipinski definition) is 16. The second-order valence-electron chi connectivity index (χ2n) is 7.59. The van der Waals surface area contributed by atoms with Gasteiger partial charge in [-0.15, -0.1) is 0 Å². The van der Waals surface area contributed by atoms with Gasteiger partial charge in [0.15, 0.2) is 18.7 Å². The maximum absolute atomic E-state index is 13.7. The largest absolute Gasteiger partial charge is 0.756 e. The molecule has 2 saturated heterocycles. The summed E-state index contributed by atoms with van der Waals surface area (Å²) in [6.45, 7) is -2.19. The van der Waals surface area contributed by atoms with Crippen LogP contribution < -0.4 is 21.0 Å². The summed E-state index contributed by atoms with van der Waals surface area (Å²) in [5.74, 6) is 0. The molecule has 36 heavy (non-hydrogen) atoms. The number of aliphatic hydroxyl groups is 5. The van der Waals surface area contributed by atoms with E-state index in [-0.39, 0.29) is 0 Å². The lowest BCUT2D eigenvalue weighted by Crippen LogP contribution is -2.57. The van der Waals surface area contributed by atoms with Gasteiger partial charge < -0.3 is 49.3 Å². The zero-order chi connectivity index (χ0) is 27.0. The number of ether oxygens (including phenoxy) is 2. The van der Waals surface area contributed by atoms with Gasteiger partial charge in [-0.1, -0.05) is 0 Å². The number of halogens is 1. The van der Waals surface area contributed by atoms with Crippen molar-refractivity contribution in [3.8, 4) is 0 Å². The molecule has 0 aliphatic carbocycles. The molecule has 1 aromatic rings. The fourth-order valence-corrected chi connectivity index (χ4v) is 5.39. The third-order valence-corrected chi connectivity index (χ3v) is 7.62. The van der Waals surface area contributed by atoms with Crippen molar-refractivity contribution in [2.45, 2.75) is 55.3 Å². The number of aromatic amines is 1. The molecule has 2 unspecified atom stereocenters. The van der Waals surface area contributed by atoms with E-state index in [9.17, 15) is 53.3 Å². The molecule has 0 aromatic carbocycles. The Morgan fingerprint density at radius 1 is 1.03 bits per heavy atom. The highest BCUT2D eigenvalue weighted by Crippen LogP contribution is 2.57. The van der Waals surface area contributed by atoms with Crippen LogP contribution in [-0.4, -0.2) is 97.4 Å². The Morgan fingerprint density at radius 3 is 2.31 bits per heavy atom. The molecule has 2 aliphatic rings. The second-order valence-corrected chi connectivity index (χ2v) is 10.5. The van der Waals surface area contributed by atoms with Crippen LogP contribution >= 0.6 is 15.6 Å². The zero-order valence-electron chi connectivity index (χ0n) is 17.7. The van der Waals surface area contributed by atoms with E-state index in [0.717, 1.165) is 12.3 Å². The Kier molecular flexibility index (Phi) is 9.02. The fraction of sp³-hybridized carbons (Fsp3) is 0.733. The molecule has 0 amide bonds. The van der Waals surface area contributed by atoms with Crippen molar-refractivity contribution in [1.82, 2.24) is 9.55 Å². The number of phosphoric ester groups is 2. The van der Waals surface area contributed by atoms with Crippen molar-refractivity contribution in [2.24, 2.45) is 0 Å². The van der Waals surface area contributed by atoms with Gasteiger partial charge in [-0.3, -0.25) is 28.0 Å². The monoisotopic (exact) mass is 566 g/mol. The molecule has 3 rings (SSSR count). The Morgan fingerprint density at radius 2 is 1.69 bits per heavy atom. The molecule has 18 nitrogen and oxygen atoms in total. The van der Waals surface area contributed by atoms with Crippen LogP contribution in [0, 0.1) is 0 Å².